The Hall–Kier alpha value is -0.970. The highest BCUT2D eigenvalue weighted by Gasteiger charge is 2.26. The first kappa shape index (κ1) is 16.4. The van der Waals surface area contributed by atoms with Crippen molar-refractivity contribution in [3.8, 4) is 5.75 Å². The van der Waals surface area contributed by atoms with Gasteiger partial charge in [-0.3, -0.25) is 4.79 Å². The molecule has 1 fully saturated rings. The van der Waals surface area contributed by atoms with Gasteiger partial charge in [0.25, 0.3) is 5.91 Å². The number of halogens is 2. The second-order valence-electron chi connectivity index (χ2n) is 5.10. The fourth-order valence-electron chi connectivity index (χ4n) is 2.47. The fraction of sp³-hybridized carbons (Fsp3) is 0.533. The van der Waals surface area contributed by atoms with Crippen molar-refractivity contribution in [3.63, 3.8) is 0 Å². The Labute approximate surface area is 135 Å². The van der Waals surface area contributed by atoms with Crippen LogP contribution in [0.25, 0.3) is 0 Å². The molecule has 6 heteroatoms. The van der Waals surface area contributed by atoms with E-state index >= 15 is 0 Å². The van der Waals surface area contributed by atoms with Crippen molar-refractivity contribution in [2.24, 2.45) is 0 Å². The monoisotopic (exact) mass is 330 g/mol. The van der Waals surface area contributed by atoms with E-state index < -0.39 is 0 Å². The van der Waals surface area contributed by atoms with Gasteiger partial charge in [-0.1, -0.05) is 30.1 Å². The van der Waals surface area contributed by atoms with Crippen molar-refractivity contribution < 1.29 is 9.53 Å². The average Bonchev–Trinajstić information content (AvgIpc) is 2.99. The predicted octanol–water partition coefficient (Wildman–Crippen LogP) is 2.97. The zero-order chi connectivity index (χ0) is 15.2. The summed E-state index contributed by atoms with van der Waals surface area (Å²) < 4.78 is 5.54. The van der Waals surface area contributed by atoms with E-state index in [1.807, 2.05) is 4.90 Å². The number of ether oxygens (including phenoxy) is 1. The van der Waals surface area contributed by atoms with E-state index in [2.05, 4.69) is 12.2 Å². The largest absolute Gasteiger partial charge is 0.482 e. The molecule has 1 atom stereocenters. The summed E-state index contributed by atoms with van der Waals surface area (Å²) in [6.07, 6.45) is 1.92. The molecule has 0 aromatic heterocycles. The van der Waals surface area contributed by atoms with Crippen molar-refractivity contribution in [2.45, 2.75) is 25.8 Å². The SMILES string of the molecule is CCCN(C(=O)COc1cc(Cl)ccc1Cl)C1CCNC1. The minimum absolute atomic E-state index is 0.0124. The van der Waals surface area contributed by atoms with Gasteiger partial charge in [0.1, 0.15) is 5.75 Å². The van der Waals surface area contributed by atoms with E-state index in [1.54, 1.807) is 18.2 Å². The van der Waals surface area contributed by atoms with Crippen LogP contribution >= 0.6 is 23.2 Å². The van der Waals surface area contributed by atoms with Crippen molar-refractivity contribution in [2.75, 3.05) is 26.2 Å². The van der Waals surface area contributed by atoms with Crippen LogP contribution < -0.4 is 10.1 Å². The van der Waals surface area contributed by atoms with Gasteiger partial charge >= 0.3 is 0 Å². The Balaban J connectivity index is 1.96. The molecule has 1 aliphatic heterocycles. The fourth-order valence-corrected chi connectivity index (χ4v) is 2.80. The molecule has 0 spiro atoms. The number of hydrogen-bond donors (Lipinski definition) is 1. The lowest BCUT2D eigenvalue weighted by Crippen LogP contribution is -2.44. The van der Waals surface area contributed by atoms with Gasteiger partial charge in [-0.25, -0.2) is 0 Å². The van der Waals surface area contributed by atoms with Gasteiger partial charge in [0.15, 0.2) is 6.61 Å². The van der Waals surface area contributed by atoms with Gasteiger partial charge < -0.3 is 15.0 Å². The molecule has 1 heterocycles. The number of hydrogen-bond acceptors (Lipinski definition) is 3. The Morgan fingerprint density at radius 3 is 2.95 bits per heavy atom. The van der Waals surface area contributed by atoms with E-state index in [1.165, 1.54) is 0 Å². The van der Waals surface area contributed by atoms with E-state index in [0.717, 1.165) is 32.5 Å². The number of amides is 1. The maximum absolute atomic E-state index is 12.4. The van der Waals surface area contributed by atoms with E-state index in [-0.39, 0.29) is 18.6 Å². The third-order valence-corrected chi connectivity index (χ3v) is 4.05. The minimum atomic E-state index is -0.0173. The van der Waals surface area contributed by atoms with Crippen LogP contribution in [0.1, 0.15) is 19.8 Å². The summed E-state index contributed by atoms with van der Waals surface area (Å²) in [4.78, 5) is 14.3. The number of nitrogens with one attached hydrogen (secondary N) is 1. The Bertz CT molecular complexity index is 491. The molecule has 116 valence electrons. The first-order valence-electron chi connectivity index (χ1n) is 7.20. The maximum atomic E-state index is 12.4. The molecular formula is C15H20Cl2N2O2. The Morgan fingerprint density at radius 2 is 2.29 bits per heavy atom. The molecule has 0 aliphatic carbocycles. The van der Waals surface area contributed by atoms with Crippen LogP contribution in [0.5, 0.6) is 5.75 Å². The highest BCUT2D eigenvalue weighted by atomic mass is 35.5. The molecule has 0 radical (unpaired) electrons. The second-order valence-corrected chi connectivity index (χ2v) is 5.94. The smallest absolute Gasteiger partial charge is 0.260 e. The van der Waals surface area contributed by atoms with Crippen LogP contribution in [-0.2, 0) is 4.79 Å². The molecule has 1 unspecified atom stereocenters. The lowest BCUT2D eigenvalue weighted by atomic mass is 10.2. The van der Waals surface area contributed by atoms with Gasteiger partial charge in [-0.2, -0.15) is 0 Å². The summed E-state index contributed by atoms with van der Waals surface area (Å²) in [6, 6.07) is 5.23. The van der Waals surface area contributed by atoms with Crippen molar-refractivity contribution in [3.05, 3.63) is 28.2 Å². The molecule has 1 aromatic rings. The van der Waals surface area contributed by atoms with Gasteiger partial charge in [0.2, 0.25) is 0 Å². The number of benzene rings is 1. The third kappa shape index (κ3) is 4.50. The molecule has 21 heavy (non-hydrogen) atoms. The van der Waals surface area contributed by atoms with E-state index in [4.69, 9.17) is 27.9 Å². The molecule has 0 saturated carbocycles. The molecule has 2 rings (SSSR count). The standard InChI is InChI=1S/C15H20Cl2N2O2/c1-2-7-19(12-5-6-18-9-12)15(20)10-21-14-8-11(16)3-4-13(14)17/h3-4,8,12,18H,2,5-7,9-10H2,1H3. The lowest BCUT2D eigenvalue weighted by molar-refractivity contribution is -0.135. The topological polar surface area (TPSA) is 41.6 Å². The zero-order valence-electron chi connectivity index (χ0n) is 12.1. The first-order chi connectivity index (χ1) is 10.1. The quantitative estimate of drug-likeness (QED) is 0.871. The minimum Gasteiger partial charge on any atom is -0.482 e. The van der Waals surface area contributed by atoms with E-state index in [0.29, 0.717) is 15.8 Å². The van der Waals surface area contributed by atoms with Crippen molar-refractivity contribution in [1.29, 1.82) is 0 Å². The van der Waals surface area contributed by atoms with Crippen LogP contribution in [0.15, 0.2) is 18.2 Å². The predicted molar refractivity (Wildman–Crippen MR) is 85.2 cm³/mol. The summed E-state index contributed by atoms with van der Waals surface area (Å²) in [5, 5.41) is 4.27. The number of carbonyl (C=O) groups excluding carboxylic acids is 1. The molecular weight excluding hydrogens is 311 g/mol. The molecule has 1 aliphatic rings. The van der Waals surface area contributed by atoms with Crippen LogP contribution in [0, 0.1) is 0 Å². The average molecular weight is 331 g/mol. The number of nitrogens with zero attached hydrogens (tertiary/aromatic N) is 1. The maximum Gasteiger partial charge on any atom is 0.260 e. The molecule has 1 saturated heterocycles. The third-order valence-electron chi connectivity index (χ3n) is 3.50. The highest BCUT2D eigenvalue weighted by molar-refractivity contribution is 6.34. The van der Waals surface area contributed by atoms with Gasteiger partial charge in [-0.05, 0) is 31.5 Å². The lowest BCUT2D eigenvalue weighted by Gasteiger charge is -2.28. The Kier molecular flexibility index (Phi) is 6.15. The molecule has 1 amide bonds. The summed E-state index contributed by atoms with van der Waals surface area (Å²) in [5.41, 5.74) is 0. The highest BCUT2D eigenvalue weighted by Crippen LogP contribution is 2.27. The van der Waals surface area contributed by atoms with Crippen LogP contribution in [0.2, 0.25) is 10.0 Å². The normalized spacial score (nSPS) is 17.8. The molecule has 1 N–H and O–H groups in total. The summed E-state index contributed by atoms with van der Waals surface area (Å²) >= 11 is 11.9. The van der Waals surface area contributed by atoms with Crippen LogP contribution in [0.4, 0.5) is 0 Å². The molecule has 1 aromatic carbocycles. The van der Waals surface area contributed by atoms with Crippen LogP contribution in [0.3, 0.4) is 0 Å². The van der Waals surface area contributed by atoms with Gasteiger partial charge in [0, 0.05) is 30.2 Å². The molecule has 0 bridgehead atoms. The number of rotatable bonds is 6. The van der Waals surface area contributed by atoms with Crippen LogP contribution in [-0.4, -0.2) is 43.1 Å². The van der Waals surface area contributed by atoms with E-state index in [9.17, 15) is 4.79 Å². The van der Waals surface area contributed by atoms with Gasteiger partial charge in [-0.15, -0.1) is 0 Å². The first-order valence-corrected chi connectivity index (χ1v) is 7.95. The second kappa shape index (κ2) is 7.87. The molecule has 4 nitrogen and oxygen atoms in total. The Morgan fingerprint density at radius 1 is 1.48 bits per heavy atom. The zero-order valence-corrected chi connectivity index (χ0v) is 13.6. The van der Waals surface area contributed by atoms with Gasteiger partial charge in [0.05, 0.1) is 5.02 Å². The summed E-state index contributed by atoms with van der Waals surface area (Å²) in [6.45, 7) is 4.61. The van der Waals surface area contributed by atoms with Crippen molar-refractivity contribution >= 4 is 29.1 Å². The van der Waals surface area contributed by atoms with Crippen molar-refractivity contribution in [1.82, 2.24) is 10.2 Å². The summed E-state index contributed by atoms with van der Waals surface area (Å²) in [5.74, 6) is 0.431. The summed E-state index contributed by atoms with van der Waals surface area (Å²) in [7, 11) is 0. The number of carbonyl (C=O) groups is 1.